The molecule has 5 rings (SSSR count). The van der Waals surface area contributed by atoms with Crippen molar-refractivity contribution in [2.45, 2.75) is 44.7 Å². The van der Waals surface area contributed by atoms with Crippen LogP contribution >= 0.6 is 0 Å². The van der Waals surface area contributed by atoms with Crippen molar-refractivity contribution in [3.05, 3.63) is 83.9 Å². The van der Waals surface area contributed by atoms with E-state index in [-0.39, 0.29) is 5.91 Å². The van der Waals surface area contributed by atoms with Crippen LogP contribution in [0.25, 0.3) is 10.8 Å². The molecule has 1 saturated heterocycles. The van der Waals surface area contributed by atoms with E-state index in [4.69, 9.17) is 9.47 Å². The second-order valence-corrected chi connectivity index (χ2v) is 10.4. The zero-order valence-electron chi connectivity index (χ0n) is 22.1. The molecule has 0 N–H and O–H groups in total. The molecular weight excluding hydrogens is 460 g/mol. The standard InChI is InChI=1S/C32H38N2O3/c1-36-30-17-16-28(20-31(30)37-2)32(35)34(22-25-14-15-26-11-6-7-12-27(26)19-25)23-29-13-8-18-33(29)21-24-9-4-3-5-10-24/h3-4,6-7,11-12,14-17,19-20,24,29H,5,8-10,13,18,21-23H2,1-2H3/t24?,29-/m0/s1. The molecule has 1 heterocycles. The van der Waals surface area contributed by atoms with Crippen molar-refractivity contribution in [2.75, 3.05) is 33.9 Å². The number of hydrogen-bond donors (Lipinski definition) is 0. The molecule has 1 unspecified atom stereocenters. The minimum absolute atomic E-state index is 0.0292. The highest BCUT2D eigenvalue weighted by Crippen LogP contribution is 2.30. The smallest absolute Gasteiger partial charge is 0.254 e. The van der Waals surface area contributed by atoms with E-state index in [1.807, 2.05) is 17.0 Å². The van der Waals surface area contributed by atoms with Gasteiger partial charge in [-0.15, -0.1) is 0 Å². The Hall–Kier alpha value is -3.31. The Morgan fingerprint density at radius 1 is 0.946 bits per heavy atom. The van der Waals surface area contributed by atoms with Crippen molar-refractivity contribution in [3.8, 4) is 11.5 Å². The Kier molecular flexibility index (Phi) is 8.10. The normalized spacial score (nSPS) is 19.7. The van der Waals surface area contributed by atoms with Crippen LogP contribution in [0.1, 0.15) is 48.0 Å². The molecule has 37 heavy (non-hydrogen) atoms. The van der Waals surface area contributed by atoms with Crippen LogP contribution in [0, 0.1) is 5.92 Å². The van der Waals surface area contributed by atoms with Gasteiger partial charge in [-0.05, 0) is 85.2 Å². The van der Waals surface area contributed by atoms with E-state index in [1.54, 1.807) is 20.3 Å². The lowest BCUT2D eigenvalue weighted by molar-refractivity contribution is 0.0679. The van der Waals surface area contributed by atoms with E-state index in [9.17, 15) is 4.79 Å². The third kappa shape index (κ3) is 5.99. The molecule has 0 saturated carbocycles. The third-order valence-electron chi connectivity index (χ3n) is 7.91. The van der Waals surface area contributed by atoms with Crippen LogP contribution in [0.2, 0.25) is 0 Å². The summed E-state index contributed by atoms with van der Waals surface area (Å²) in [5.74, 6) is 1.96. The predicted molar refractivity (Wildman–Crippen MR) is 149 cm³/mol. The SMILES string of the molecule is COc1ccc(C(=O)N(Cc2ccc3ccccc3c2)C[C@@H]2CCCN2CC2CC=CCC2)cc1OC. The van der Waals surface area contributed by atoms with Crippen LogP contribution in [-0.4, -0.2) is 55.6 Å². The summed E-state index contributed by atoms with van der Waals surface area (Å²) in [6.07, 6.45) is 10.6. The van der Waals surface area contributed by atoms with Gasteiger partial charge in [0.15, 0.2) is 11.5 Å². The fourth-order valence-corrected chi connectivity index (χ4v) is 5.88. The summed E-state index contributed by atoms with van der Waals surface area (Å²) in [6, 6.07) is 20.8. The molecule has 1 aliphatic heterocycles. The molecular formula is C32H38N2O3. The van der Waals surface area contributed by atoms with Crippen LogP contribution in [0.4, 0.5) is 0 Å². The molecule has 2 atom stereocenters. The van der Waals surface area contributed by atoms with E-state index >= 15 is 0 Å². The number of likely N-dealkylation sites (tertiary alicyclic amines) is 1. The van der Waals surface area contributed by atoms with Crippen LogP contribution in [0.5, 0.6) is 11.5 Å². The number of benzene rings is 3. The first kappa shape index (κ1) is 25.3. The molecule has 5 nitrogen and oxygen atoms in total. The lowest BCUT2D eigenvalue weighted by Crippen LogP contribution is -2.44. The lowest BCUT2D eigenvalue weighted by Gasteiger charge is -2.33. The highest BCUT2D eigenvalue weighted by atomic mass is 16.5. The minimum Gasteiger partial charge on any atom is -0.493 e. The second kappa shape index (κ2) is 11.8. The molecule has 3 aromatic carbocycles. The Labute approximate surface area is 220 Å². The molecule has 0 aromatic heterocycles. The number of ether oxygens (including phenoxy) is 2. The molecule has 1 amide bonds. The van der Waals surface area contributed by atoms with Gasteiger partial charge in [0.2, 0.25) is 0 Å². The zero-order chi connectivity index (χ0) is 25.6. The van der Waals surface area contributed by atoms with Gasteiger partial charge in [-0.3, -0.25) is 9.69 Å². The number of rotatable bonds is 9. The van der Waals surface area contributed by atoms with Gasteiger partial charge < -0.3 is 14.4 Å². The maximum atomic E-state index is 14.0. The van der Waals surface area contributed by atoms with Crippen LogP contribution in [-0.2, 0) is 6.54 Å². The first-order chi connectivity index (χ1) is 18.1. The van der Waals surface area contributed by atoms with Crippen molar-refractivity contribution >= 4 is 16.7 Å². The Morgan fingerprint density at radius 3 is 2.57 bits per heavy atom. The molecule has 0 radical (unpaired) electrons. The number of methoxy groups -OCH3 is 2. The number of carbonyl (C=O) groups excluding carboxylic acids is 1. The van der Waals surface area contributed by atoms with E-state index in [1.165, 1.54) is 36.5 Å². The van der Waals surface area contributed by atoms with Crippen molar-refractivity contribution in [2.24, 2.45) is 5.92 Å². The van der Waals surface area contributed by atoms with Gasteiger partial charge in [0.05, 0.1) is 14.2 Å². The Balaban J connectivity index is 1.40. The van der Waals surface area contributed by atoms with Gasteiger partial charge in [-0.25, -0.2) is 0 Å². The fraction of sp³-hybridized carbons (Fsp3) is 0.406. The Bertz CT molecular complexity index is 1250. The number of amides is 1. The highest BCUT2D eigenvalue weighted by molar-refractivity contribution is 5.95. The maximum Gasteiger partial charge on any atom is 0.254 e. The lowest BCUT2D eigenvalue weighted by atomic mass is 9.93. The fourth-order valence-electron chi connectivity index (χ4n) is 5.88. The average Bonchev–Trinajstić information content (AvgIpc) is 3.38. The summed E-state index contributed by atoms with van der Waals surface area (Å²) < 4.78 is 10.9. The van der Waals surface area contributed by atoms with Gasteiger partial charge in [0.1, 0.15) is 0 Å². The summed E-state index contributed by atoms with van der Waals surface area (Å²) in [7, 11) is 3.22. The third-order valence-corrected chi connectivity index (χ3v) is 7.91. The summed E-state index contributed by atoms with van der Waals surface area (Å²) >= 11 is 0. The summed E-state index contributed by atoms with van der Waals surface area (Å²) in [5, 5.41) is 2.42. The molecule has 0 spiro atoms. The van der Waals surface area contributed by atoms with Crippen LogP contribution in [0.15, 0.2) is 72.8 Å². The Morgan fingerprint density at radius 2 is 1.78 bits per heavy atom. The van der Waals surface area contributed by atoms with Crippen LogP contribution in [0.3, 0.4) is 0 Å². The minimum atomic E-state index is 0.0292. The van der Waals surface area contributed by atoms with Gasteiger partial charge in [-0.2, -0.15) is 0 Å². The van der Waals surface area contributed by atoms with E-state index in [0.717, 1.165) is 37.5 Å². The second-order valence-electron chi connectivity index (χ2n) is 10.4. The van der Waals surface area contributed by atoms with Crippen molar-refractivity contribution in [3.63, 3.8) is 0 Å². The largest absolute Gasteiger partial charge is 0.493 e. The molecule has 2 aliphatic rings. The van der Waals surface area contributed by atoms with E-state index in [2.05, 4.69) is 59.5 Å². The summed E-state index contributed by atoms with van der Waals surface area (Å²) in [6.45, 7) is 3.56. The van der Waals surface area contributed by atoms with Gasteiger partial charge in [0.25, 0.3) is 5.91 Å². The van der Waals surface area contributed by atoms with Crippen molar-refractivity contribution in [1.29, 1.82) is 0 Å². The number of allylic oxidation sites excluding steroid dienone is 2. The monoisotopic (exact) mass is 498 g/mol. The summed E-state index contributed by atoms with van der Waals surface area (Å²) in [5.41, 5.74) is 1.77. The molecule has 194 valence electrons. The molecule has 5 heteroatoms. The zero-order valence-corrected chi connectivity index (χ0v) is 22.1. The number of fused-ring (bicyclic) bond motifs is 1. The van der Waals surface area contributed by atoms with Crippen molar-refractivity contribution in [1.82, 2.24) is 9.80 Å². The van der Waals surface area contributed by atoms with Crippen molar-refractivity contribution < 1.29 is 14.3 Å². The summed E-state index contributed by atoms with van der Waals surface area (Å²) in [4.78, 5) is 18.6. The van der Waals surface area contributed by atoms with Gasteiger partial charge >= 0.3 is 0 Å². The average molecular weight is 499 g/mol. The van der Waals surface area contributed by atoms with E-state index in [0.29, 0.717) is 29.6 Å². The molecule has 0 bridgehead atoms. The number of carbonyl (C=O) groups is 1. The van der Waals surface area contributed by atoms with E-state index < -0.39 is 0 Å². The topological polar surface area (TPSA) is 42.0 Å². The quantitative estimate of drug-likeness (QED) is 0.324. The van der Waals surface area contributed by atoms with Crippen LogP contribution < -0.4 is 9.47 Å². The maximum absolute atomic E-state index is 14.0. The number of hydrogen-bond acceptors (Lipinski definition) is 4. The number of nitrogens with zero attached hydrogens (tertiary/aromatic N) is 2. The van der Waals surface area contributed by atoms with Gasteiger partial charge in [-0.1, -0.05) is 48.6 Å². The first-order valence-corrected chi connectivity index (χ1v) is 13.5. The molecule has 1 fully saturated rings. The molecule has 1 aliphatic carbocycles. The highest BCUT2D eigenvalue weighted by Gasteiger charge is 2.30. The molecule has 3 aromatic rings. The first-order valence-electron chi connectivity index (χ1n) is 13.5. The van der Waals surface area contributed by atoms with Gasteiger partial charge in [0, 0.05) is 31.2 Å². The predicted octanol–water partition coefficient (Wildman–Crippen LogP) is 6.32.